The molecule has 2 aromatic heterocycles. The first kappa shape index (κ1) is 26.6. The van der Waals surface area contributed by atoms with Crippen LogP contribution in [-0.2, 0) is 22.3 Å². The summed E-state index contributed by atoms with van der Waals surface area (Å²) in [6, 6.07) is 8.00. The monoisotopic (exact) mass is 542 g/mol. The zero-order valence-corrected chi connectivity index (χ0v) is 21.3. The quantitative estimate of drug-likeness (QED) is 0.526. The van der Waals surface area contributed by atoms with Crippen LogP contribution in [0.25, 0.3) is 10.9 Å². The van der Waals surface area contributed by atoms with Crippen molar-refractivity contribution >= 4 is 34.3 Å². The van der Waals surface area contributed by atoms with Gasteiger partial charge < -0.3 is 15.1 Å². The predicted octanol–water partition coefficient (Wildman–Crippen LogP) is 3.95. The van der Waals surface area contributed by atoms with E-state index in [-0.39, 0.29) is 30.0 Å². The number of hydrogen-bond donors (Lipinski definition) is 1. The second-order valence-electron chi connectivity index (χ2n) is 10.0. The summed E-state index contributed by atoms with van der Waals surface area (Å²) >= 11 is 0. The molecule has 1 saturated heterocycles. The van der Waals surface area contributed by atoms with E-state index in [1.807, 2.05) is 4.90 Å². The van der Waals surface area contributed by atoms with Crippen molar-refractivity contribution in [2.75, 3.05) is 31.5 Å². The van der Waals surface area contributed by atoms with Crippen LogP contribution in [0.1, 0.15) is 48.3 Å². The lowest BCUT2D eigenvalue weighted by molar-refractivity contribution is -0.143. The third kappa shape index (κ3) is 6.21. The highest BCUT2D eigenvalue weighted by atomic mass is 19.4. The maximum atomic E-state index is 12.9. The van der Waals surface area contributed by atoms with E-state index in [2.05, 4.69) is 15.4 Å². The average Bonchev–Trinajstić information content (AvgIpc) is 3.34. The molecule has 2 fully saturated rings. The summed E-state index contributed by atoms with van der Waals surface area (Å²) in [6.45, 7) is 2.06. The number of fused-ring (bicyclic) bond motifs is 1. The summed E-state index contributed by atoms with van der Waals surface area (Å²) in [5.41, 5.74) is -0.544. The summed E-state index contributed by atoms with van der Waals surface area (Å²) in [7, 11) is 0. The lowest BCUT2D eigenvalue weighted by Crippen LogP contribution is -2.52. The van der Waals surface area contributed by atoms with Gasteiger partial charge in [-0.15, -0.1) is 0 Å². The molecule has 3 aromatic rings. The fourth-order valence-corrected chi connectivity index (χ4v) is 5.17. The zero-order valence-electron chi connectivity index (χ0n) is 21.3. The van der Waals surface area contributed by atoms with Crippen molar-refractivity contribution < 1.29 is 27.6 Å². The first-order chi connectivity index (χ1) is 18.7. The molecule has 1 aliphatic carbocycles. The Labute approximate surface area is 223 Å². The molecule has 1 N–H and O–H groups in total. The molecule has 0 spiro atoms. The number of aromatic nitrogens is 3. The van der Waals surface area contributed by atoms with Crippen molar-refractivity contribution in [2.24, 2.45) is 5.92 Å². The molecular formula is C27H29F3N6O3. The maximum absolute atomic E-state index is 12.9. The van der Waals surface area contributed by atoms with Gasteiger partial charge in [0.1, 0.15) is 17.9 Å². The molecule has 1 aliphatic heterocycles. The molecule has 3 amide bonds. The Bertz CT molecular complexity index is 1370. The van der Waals surface area contributed by atoms with E-state index in [0.717, 1.165) is 37.8 Å². The third-order valence-corrected chi connectivity index (χ3v) is 7.28. The molecule has 1 aromatic carbocycles. The van der Waals surface area contributed by atoms with Crippen LogP contribution in [0.3, 0.4) is 0 Å². The normalized spacial score (nSPS) is 16.9. The number of pyridine rings is 1. The fraction of sp³-hybridized carbons (Fsp3) is 0.444. The highest BCUT2D eigenvalue weighted by Gasteiger charge is 2.33. The molecule has 5 rings (SSSR count). The highest BCUT2D eigenvalue weighted by molar-refractivity contribution is 6.03. The van der Waals surface area contributed by atoms with Gasteiger partial charge in [0.15, 0.2) is 0 Å². The standard InChI is InChI=1S/C27H29F3N6O3/c28-27(29,30)23-8-4-7-22(32-23)25(38)31-20-9-10-21-19(15-20)16-36(33-21)17-24(37)34-11-13-35(14-12-34)26(39)18-5-2-1-3-6-18/h4,7-10,15-16,18H,1-3,5-6,11-14,17H2,(H,31,38). The van der Waals surface area contributed by atoms with E-state index < -0.39 is 17.8 Å². The Kier molecular flexibility index (Phi) is 7.53. The highest BCUT2D eigenvalue weighted by Crippen LogP contribution is 2.28. The first-order valence-electron chi connectivity index (χ1n) is 13.1. The number of halogens is 3. The smallest absolute Gasteiger partial charge is 0.339 e. The SMILES string of the molecule is O=C(Nc1ccc2nn(CC(=O)N3CCN(C(=O)C4CCCCC4)CC3)cc2c1)c1cccc(C(F)(F)F)n1. The largest absolute Gasteiger partial charge is 0.433 e. The van der Waals surface area contributed by atoms with Crippen molar-refractivity contribution in [3.8, 4) is 0 Å². The summed E-state index contributed by atoms with van der Waals surface area (Å²) in [4.78, 5) is 45.2. The molecule has 0 unspecified atom stereocenters. The number of alkyl halides is 3. The number of nitrogens with zero attached hydrogens (tertiary/aromatic N) is 5. The van der Waals surface area contributed by atoms with Gasteiger partial charge in [-0.25, -0.2) is 4.98 Å². The van der Waals surface area contributed by atoms with E-state index in [1.54, 1.807) is 29.3 Å². The lowest BCUT2D eigenvalue weighted by atomic mass is 9.88. The maximum Gasteiger partial charge on any atom is 0.433 e. The molecule has 2 aliphatic rings. The third-order valence-electron chi connectivity index (χ3n) is 7.28. The molecule has 12 heteroatoms. The number of carbonyl (C=O) groups is 3. The number of nitrogens with one attached hydrogen (secondary N) is 1. The molecule has 206 valence electrons. The number of anilines is 1. The van der Waals surface area contributed by atoms with Gasteiger partial charge in [0.25, 0.3) is 5.91 Å². The van der Waals surface area contributed by atoms with Gasteiger partial charge in [0.2, 0.25) is 11.8 Å². The second-order valence-corrected chi connectivity index (χ2v) is 10.0. The Hall–Kier alpha value is -3.96. The molecule has 0 bridgehead atoms. The number of piperazine rings is 1. The van der Waals surface area contributed by atoms with Crippen LogP contribution in [0.15, 0.2) is 42.6 Å². The van der Waals surface area contributed by atoms with Crippen molar-refractivity contribution in [2.45, 2.75) is 44.8 Å². The topological polar surface area (TPSA) is 100 Å². The van der Waals surface area contributed by atoms with E-state index in [0.29, 0.717) is 42.8 Å². The van der Waals surface area contributed by atoms with Crippen molar-refractivity contribution in [3.63, 3.8) is 0 Å². The predicted molar refractivity (Wildman–Crippen MR) is 137 cm³/mol. The van der Waals surface area contributed by atoms with Gasteiger partial charge >= 0.3 is 6.18 Å². The van der Waals surface area contributed by atoms with E-state index >= 15 is 0 Å². The Balaban J connectivity index is 1.17. The Morgan fingerprint density at radius 3 is 2.38 bits per heavy atom. The van der Waals surface area contributed by atoms with Crippen molar-refractivity contribution in [1.82, 2.24) is 24.6 Å². The van der Waals surface area contributed by atoms with Crippen molar-refractivity contribution in [1.29, 1.82) is 0 Å². The minimum absolute atomic E-state index is 0.0289. The summed E-state index contributed by atoms with van der Waals surface area (Å²) in [6.07, 6.45) is 2.34. The number of rotatable bonds is 5. The minimum Gasteiger partial charge on any atom is -0.339 e. The van der Waals surface area contributed by atoms with Crippen LogP contribution in [0.5, 0.6) is 0 Å². The number of amides is 3. The van der Waals surface area contributed by atoms with Crippen molar-refractivity contribution in [3.05, 3.63) is 54.0 Å². The van der Waals surface area contributed by atoms with Crippen LogP contribution in [0.4, 0.5) is 18.9 Å². The van der Waals surface area contributed by atoms with E-state index in [1.165, 1.54) is 17.2 Å². The number of hydrogen-bond acceptors (Lipinski definition) is 5. The van der Waals surface area contributed by atoms with Gasteiger partial charge in [0, 0.05) is 49.4 Å². The average molecular weight is 543 g/mol. The molecule has 0 radical (unpaired) electrons. The van der Waals surface area contributed by atoms with Gasteiger partial charge in [-0.05, 0) is 43.2 Å². The van der Waals surface area contributed by atoms with Gasteiger partial charge in [-0.2, -0.15) is 18.3 Å². The summed E-state index contributed by atoms with van der Waals surface area (Å²) in [5, 5.41) is 7.63. The van der Waals surface area contributed by atoms with Crippen LogP contribution < -0.4 is 5.32 Å². The summed E-state index contributed by atoms with van der Waals surface area (Å²) < 4.78 is 40.3. The fourth-order valence-electron chi connectivity index (χ4n) is 5.17. The van der Waals surface area contributed by atoms with Gasteiger partial charge in [-0.3, -0.25) is 19.1 Å². The molecule has 9 nitrogen and oxygen atoms in total. The van der Waals surface area contributed by atoms with Gasteiger partial charge in [-0.1, -0.05) is 25.3 Å². The van der Waals surface area contributed by atoms with Crippen LogP contribution in [-0.4, -0.2) is 68.5 Å². The molecule has 39 heavy (non-hydrogen) atoms. The minimum atomic E-state index is -4.65. The van der Waals surface area contributed by atoms with E-state index in [9.17, 15) is 27.6 Å². The van der Waals surface area contributed by atoms with E-state index in [4.69, 9.17) is 0 Å². The zero-order chi connectivity index (χ0) is 27.6. The Morgan fingerprint density at radius 1 is 0.949 bits per heavy atom. The lowest BCUT2D eigenvalue weighted by Gasteiger charge is -2.37. The van der Waals surface area contributed by atoms with Crippen LogP contribution >= 0.6 is 0 Å². The molecule has 1 saturated carbocycles. The molecular weight excluding hydrogens is 513 g/mol. The van der Waals surface area contributed by atoms with Gasteiger partial charge in [0.05, 0.1) is 5.52 Å². The number of carbonyl (C=O) groups excluding carboxylic acids is 3. The first-order valence-corrected chi connectivity index (χ1v) is 13.1. The summed E-state index contributed by atoms with van der Waals surface area (Å²) in [5.74, 6) is -0.541. The van der Waals surface area contributed by atoms with Crippen LogP contribution in [0, 0.1) is 5.92 Å². The molecule has 0 atom stereocenters. The van der Waals surface area contributed by atoms with Crippen LogP contribution in [0.2, 0.25) is 0 Å². The number of benzene rings is 1. The molecule has 3 heterocycles. The Morgan fingerprint density at radius 2 is 1.67 bits per heavy atom. The second kappa shape index (κ2) is 11.0.